The Labute approximate surface area is 228 Å². The summed E-state index contributed by atoms with van der Waals surface area (Å²) in [7, 11) is -2.39. The second-order valence-corrected chi connectivity index (χ2v) is 11.5. The van der Waals surface area contributed by atoms with Crippen molar-refractivity contribution in [2.24, 2.45) is 5.92 Å². The Morgan fingerprint density at radius 2 is 1.85 bits per heavy atom. The minimum atomic E-state index is -4.79. The highest BCUT2D eigenvalue weighted by Crippen LogP contribution is 2.35. The van der Waals surface area contributed by atoms with Crippen molar-refractivity contribution in [3.63, 3.8) is 0 Å². The molecule has 40 heavy (non-hydrogen) atoms. The molecule has 1 unspecified atom stereocenters. The Morgan fingerprint density at radius 1 is 1.12 bits per heavy atom. The zero-order valence-corrected chi connectivity index (χ0v) is 22.7. The Balaban J connectivity index is 1.64. The van der Waals surface area contributed by atoms with Crippen LogP contribution in [0.3, 0.4) is 0 Å². The molecule has 0 radical (unpaired) electrons. The van der Waals surface area contributed by atoms with E-state index in [0.29, 0.717) is 17.4 Å². The predicted molar refractivity (Wildman–Crippen MR) is 142 cm³/mol. The number of sulfonamides is 1. The van der Waals surface area contributed by atoms with Crippen LogP contribution in [0.25, 0.3) is 0 Å². The third kappa shape index (κ3) is 5.98. The van der Waals surface area contributed by atoms with Gasteiger partial charge in [-0.15, -0.1) is 0 Å². The van der Waals surface area contributed by atoms with Gasteiger partial charge in [0, 0.05) is 42.8 Å². The molecule has 2 aromatic heterocycles. The fourth-order valence-corrected chi connectivity index (χ4v) is 4.53. The van der Waals surface area contributed by atoms with Crippen LogP contribution in [-0.2, 0) is 22.7 Å². The number of carbonyl (C=O) groups excluding carboxylic acids is 2. The molecule has 1 aromatic carbocycles. The van der Waals surface area contributed by atoms with Gasteiger partial charge in [0.1, 0.15) is 17.2 Å². The number of nitrogens with one attached hydrogen (secondary N) is 3. The molecule has 0 aliphatic carbocycles. The first kappa shape index (κ1) is 28.7. The summed E-state index contributed by atoms with van der Waals surface area (Å²) in [6.07, 6.45) is -1.84. The van der Waals surface area contributed by atoms with E-state index in [1.54, 1.807) is 13.8 Å². The standard InChI is InChI=1S/C25H26F3N7O4S/c1-13(2)19-20(36)17-10-15(7-8-16(17)23(37)33-19)32-24-31-12-18(25(26,27)28)21(34-24)30-11-14-6-5-9-29-22(14)35(3)40(4,38)39/h5-10,12-13,19H,11H2,1-4H3,(H,33,37)(H2,30,31,32,34). The largest absolute Gasteiger partial charge is 0.421 e. The van der Waals surface area contributed by atoms with Crippen LogP contribution in [0.15, 0.2) is 42.7 Å². The molecule has 1 aliphatic heterocycles. The summed E-state index contributed by atoms with van der Waals surface area (Å²) in [6, 6.07) is 6.70. The lowest BCUT2D eigenvalue weighted by Gasteiger charge is -2.27. The van der Waals surface area contributed by atoms with Crippen LogP contribution in [0.1, 0.15) is 45.7 Å². The minimum absolute atomic E-state index is 0.0425. The minimum Gasteiger partial charge on any atom is -0.365 e. The Morgan fingerprint density at radius 3 is 2.50 bits per heavy atom. The maximum atomic E-state index is 13.8. The first-order valence-corrected chi connectivity index (χ1v) is 13.8. The molecule has 0 spiro atoms. The average molecular weight is 578 g/mol. The topological polar surface area (TPSA) is 146 Å². The summed E-state index contributed by atoms with van der Waals surface area (Å²) >= 11 is 0. The number of aromatic nitrogens is 3. The highest BCUT2D eigenvalue weighted by molar-refractivity contribution is 7.92. The monoisotopic (exact) mass is 577 g/mol. The van der Waals surface area contributed by atoms with Gasteiger partial charge in [0.05, 0.1) is 17.9 Å². The molecular weight excluding hydrogens is 551 g/mol. The molecular formula is C25H26F3N7O4S. The summed E-state index contributed by atoms with van der Waals surface area (Å²) < 4.78 is 66.1. The number of hydrogen-bond acceptors (Lipinski definition) is 9. The lowest BCUT2D eigenvalue weighted by Crippen LogP contribution is -2.49. The number of pyridine rings is 1. The number of anilines is 4. The Kier molecular flexibility index (Phi) is 7.70. The molecule has 212 valence electrons. The lowest BCUT2D eigenvalue weighted by molar-refractivity contribution is -0.137. The molecule has 0 saturated carbocycles. The van der Waals surface area contributed by atoms with Gasteiger partial charge in [-0.2, -0.15) is 18.2 Å². The number of nitrogens with zero attached hydrogens (tertiary/aromatic N) is 4. The molecule has 4 rings (SSSR count). The van der Waals surface area contributed by atoms with E-state index in [0.717, 1.165) is 10.6 Å². The molecule has 0 fully saturated rings. The fraction of sp³-hybridized carbons (Fsp3) is 0.320. The van der Waals surface area contributed by atoms with Crippen LogP contribution < -0.4 is 20.3 Å². The third-order valence-corrected chi connectivity index (χ3v) is 7.39. The van der Waals surface area contributed by atoms with Crippen LogP contribution in [0.4, 0.5) is 36.4 Å². The number of hydrogen-bond donors (Lipinski definition) is 3. The maximum absolute atomic E-state index is 13.8. The molecule has 0 bridgehead atoms. The summed E-state index contributed by atoms with van der Waals surface area (Å²) in [5.41, 5.74) is -0.175. The van der Waals surface area contributed by atoms with Crippen molar-refractivity contribution in [2.45, 2.75) is 32.6 Å². The number of carbonyl (C=O) groups is 2. The van der Waals surface area contributed by atoms with Crippen molar-refractivity contribution < 1.29 is 31.2 Å². The number of Topliss-reactive ketones (excluding diaryl/α,β-unsaturated/α-hetero) is 1. The Hall–Kier alpha value is -4.27. The van der Waals surface area contributed by atoms with E-state index in [1.165, 1.54) is 43.6 Å². The fourth-order valence-electron chi connectivity index (χ4n) is 4.05. The van der Waals surface area contributed by atoms with E-state index in [1.807, 2.05) is 0 Å². The second-order valence-electron chi connectivity index (χ2n) is 9.47. The van der Waals surface area contributed by atoms with Gasteiger partial charge in [0.25, 0.3) is 5.91 Å². The van der Waals surface area contributed by atoms with Gasteiger partial charge < -0.3 is 16.0 Å². The van der Waals surface area contributed by atoms with E-state index in [9.17, 15) is 31.2 Å². The summed E-state index contributed by atoms with van der Waals surface area (Å²) in [6.45, 7) is 3.37. The molecule has 1 atom stereocenters. The lowest BCUT2D eigenvalue weighted by atomic mass is 9.88. The zero-order chi connectivity index (χ0) is 29.4. The van der Waals surface area contributed by atoms with Crippen molar-refractivity contribution in [3.05, 3.63) is 65.0 Å². The molecule has 3 N–H and O–H groups in total. The van der Waals surface area contributed by atoms with Crippen LogP contribution in [-0.4, -0.2) is 54.4 Å². The van der Waals surface area contributed by atoms with Crippen molar-refractivity contribution in [1.29, 1.82) is 0 Å². The second kappa shape index (κ2) is 10.7. The molecule has 1 aliphatic rings. The van der Waals surface area contributed by atoms with Crippen molar-refractivity contribution in [3.8, 4) is 0 Å². The van der Waals surface area contributed by atoms with Crippen LogP contribution in [0, 0.1) is 5.92 Å². The van der Waals surface area contributed by atoms with Gasteiger partial charge in [-0.1, -0.05) is 19.9 Å². The molecule has 3 heterocycles. The van der Waals surface area contributed by atoms with Crippen molar-refractivity contribution in [1.82, 2.24) is 20.3 Å². The van der Waals surface area contributed by atoms with E-state index >= 15 is 0 Å². The zero-order valence-electron chi connectivity index (χ0n) is 21.9. The highest BCUT2D eigenvalue weighted by atomic mass is 32.2. The molecule has 1 amide bonds. The SMILES string of the molecule is CC(C)C1NC(=O)c2ccc(Nc3ncc(C(F)(F)F)c(NCc4cccnc4N(C)S(C)(=O)=O)n3)cc2C1=O. The summed E-state index contributed by atoms with van der Waals surface area (Å²) in [5, 5.41) is 8.07. The van der Waals surface area contributed by atoms with Gasteiger partial charge in [-0.3, -0.25) is 13.9 Å². The van der Waals surface area contributed by atoms with Gasteiger partial charge in [-0.25, -0.2) is 18.4 Å². The summed E-state index contributed by atoms with van der Waals surface area (Å²) in [5.74, 6) is -1.55. The van der Waals surface area contributed by atoms with Crippen LogP contribution >= 0.6 is 0 Å². The van der Waals surface area contributed by atoms with E-state index < -0.39 is 39.5 Å². The van der Waals surface area contributed by atoms with Crippen LogP contribution in [0.2, 0.25) is 0 Å². The van der Waals surface area contributed by atoms with Gasteiger partial charge in [0.15, 0.2) is 5.78 Å². The number of ketones is 1. The smallest absolute Gasteiger partial charge is 0.365 e. The number of alkyl halides is 3. The van der Waals surface area contributed by atoms with Crippen LogP contribution in [0.5, 0.6) is 0 Å². The van der Waals surface area contributed by atoms with E-state index in [4.69, 9.17) is 0 Å². The summed E-state index contributed by atoms with van der Waals surface area (Å²) in [4.78, 5) is 37.2. The normalized spacial score (nSPS) is 15.4. The quantitative estimate of drug-likeness (QED) is 0.366. The first-order chi connectivity index (χ1) is 18.7. The average Bonchev–Trinajstić information content (AvgIpc) is 2.88. The number of rotatable bonds is 8. The molecule has 15 heteroatoms. The molecule has 3 aromatic rings. The molecule has 0 saturated heterocycles. The van der Waals surface area contributed by atoms with E-state index in [2.05, 4.69) is 30.9 Å². The van der Waals surface area contributed by atoms with Gasteiger partial charge >= 0.3 is 6.18 Å². The highest BCUT2D eigenvalue weighted by Gasteiger charge is 2.36. The number of benzene rings is 1. The van der Waals surface area contributed by atoms with Crippen molar-refractivity contribution >= 4 is 45.0 Å². The number of halogens is 3. The Bertz CT molecular complexity index is 1580. The predicted octanol–water partition coefficient (Wildman–Crippen LogP) is 3.59. The maximum Gasteiger partial charge on any atom is 0.421 e. The first-order valence-electron chi connectivity index (χ1n) is 12.0. The number of fused-ring (bicyclic) bond motifs is 1. The third-order valence-electron chi connectivity index (χ3n) is 6.23. The number of amides is 1. The van der Waals surface area contributed by atoms with Gasteiger partial charge in [-0.05, 0) is 30.2 Å². The molecule has 11 nitrogen and oxygen atoms in total. The van der Waals surface area contributed by atoms with E-state index in [-0.39, 0.29) is 41.1 Å². The van der Waals surface area contributed by atoms with Crippen molar-refractivity contribution in [2.75, 3.05) is 28.2 Å². The van der Waals surface area contributed by atoms with Gasteiger partial charge in [0.2, 0.25) is 16.0 Å².